The average Bonchev–Trinajstić information content (AvgIpc) is 2.46. The molecule has 0 aliphatic carbocycles. The summed E-state index contributed by atoms with van der Waals surface area (Å²) in [6.45, 7) is 0. The molecule has 0 atom stereocenters. The van der Waals surface area contributed by atoms with Crippen LogP contribution in [0.5, 0.6) is 0 Å². The summed E-state index contributed by atoms with van der Waals surface area (Å²) in [4.78, 5) is 31.3. The summed E-state index contributed by atoms with van der Waals surface area (Å²) in [7, 11) is 0. The third-order valence-corrected chi connectivity index (χ3v) is 2.83. The van der Waals surface area contributed by atoms with E-state index < -0.39 is 15.8 Å². The molecule has 0 aliphatic rings. The Labute approximate surface area is 117 Å². The van der Waals surface area contributed by atoms with Crippen molar-refractivity contribution in [3.8, 4) is 11.1 Å². The van der Waals surface area contributed by atoms with Gasteiger partial charge in [-0.1, -0.05) is 0 Å². The lowest BCUT2D eigenvalue weighted by molar-refractivity contribution is -0.384. The van der Waals surface area contributed by atoms with Gasteiger partial charge in [0.1, 0.15) is 0 Å². The number of benzene rings is 2. The fraction of sp³-hybridized carbons (Fsp3) is 0. The van der Waals surface area contributed by atoms with Crippen molar-refractivity contribution in [1.29, 1.82) is 0 Å². The van der Waals surface area contributed by atoms with Crippen LogP contribution in [0.3, 0.4) is 0 Å². The van der Waals surface area contributed by atoms with Gasteiger partial charge in [-0.15, -0.1) is 0 Å². The van der Waals surface area contributed by atoms with Crippen LogP contribution < -0.4 is 0 Å². The molecule has 0 heterocycles. The molecule has 8 nitrogen and oxygen atoms in total. The maximum Gasteiger partial charge on any atom is 0.336 e. The molecule has 0 fully saturated rings. The Kier molecular flexibility index (Phi) is 3.61. The van der Waals surface area contributed by atoms with Crippen LogP contribution in [-0.2, 0) is 0 Å². The molecule has 21 heavy (non-hydrogen) atoms. The van der Waals surface area contributed by atoms with Gasteiger partial charge in [0.15, 0.2) is 0 Å². The molecule has 0 bridgehead atoms. The zero-order valence-electron chi connectivity index (χ0n) is 10.4. The Bertz CT molecular complexity index is 739. The Morgan fingerprint density at radius 1 is 0.905 bits per heavy atom. The van der Waals surface area contributed by atoms with Crippen molar-refractivity contribution in [1.82, 2.24) is 0 Å². The SMILES string of the molecule is O=C(O)c1ccc([N+](=O)[O-])cc1-c1ccc([N+](=O)[O-])cc1. The van der Waals surface area contributed by atoms with Crippen LogP contribution in [0, 0.1) is 20.2 Å². The second kappa shape index (κ2) is 5.37. The summed E-state index contributed by atoms with van der Waals surface area (Å²) < 4.78 is 0. The lowest BCUT2D eigenvalue weighted by atomic mass is 9.99. The number of aromatic carboxylic acids is 1. The molecular formula is C13H8N2O6. The van der Waals surface area contributed by atoms with E-state index in [1.807, 2.05) is 0 Å². The standard InChI is InChI=1S/C13H8N2O6/c16-13(17)11-6-5-10(15(20)21)7-12(11)8-1-3-9(4-2-8)14(18)19/h1-7H,(H,16,17). The van der Waals surface area contributed by atoms with Crippen LogP contribution in [-0.4, -0.2) is 20.9 Å². The summed E-state index contributed by atoms with van der Waals surface area (Å²) in [6, 6.07) is 8.48. The highest BCUT2D eigenvalue weighted by Gasteiger charge is 2.17. The molecule has 0 saturated heterocycles. The minimum atomic E-state index is -1.24. The van der Waals surface area contributed by atoms with E-state index >= 15 is 0 Å². The number of carboxylic acid groups (broad SMARTS) is 1. The van der Waals surface area contributed by atoms with E-state index in [0.29, 0.717) is 5.56 Å². The van der Waals surface area contributed by atoms with Gasteiger partial charge in [0.05, 0.1) is 15.4 Å². The van der Waals surface area contributed by atoms with Crippen molar-refractivity contribution in [3.63, 3.8) is 0 Å². The first-order valence-electron chi connectivity index (χ1n) is 5.66. The first kappa shape index (κ1) is 14.1. The molecular weight excluding hydrogens is 280 g/mol. The maximum absolute atomic E-state index is 11.2. The van der Waals surface area contributed by atoms with Crippen molar-refractivity contribution in [2.24, 2.45) is 0 Å². The quantitative estimate of drug-likeness (QED) is 0.681. The fourth-order valence-electron chi connectivity index (χ4n) is 1.83. The Morgan fingerprint density at radius 2 is 1.43 bits per heavy atom. The van der Waals surface area contributed by atoms with Gasteiger partial charge in [0.2, 0.25) is 0 Å². The van der Waals surface area contributed by atoms with Crippen LogP contribution in [0.4, 0.5) is 11.4 Å². The predicted molar refractivity (Wildman–Crippen MR) is 72.1 cm³/mol. The summed E-state index contributed by atoms with van der Waals surface area (Å²) in [5, 5.41) is 30.5. The number of rotatable bonds is 4. The number of carboxylic acids is 1. The Balaban J connectivity index is 2.59. The molecule has 1 N–H and O–H groups in total. The van der Waals surface area contributed by atoms with E-state index in [-0.39, 0.29) is 22.5 Å². The average molecular weight is 288 g/mol. The third-order valence-electron chi connectivity index (χ3n) is 2.83. The number of carbonyl (C=O) groups is 1. The fourth-order valence-corrected chi connectivity index (χ4v) is 1.83. The first-order valence-corrected chi connectivity index (χ1v) is 5.66. The highest BCUT2D eigenvalue weighted by molar-refractivity contribution is 5.96. The van der Waals surface area contributed by atoms with Crippen molar-refractivity contribution in [2.45, 2.75) is 0 Å². The van der Waals surface area contributed by atoms with Crippen LogP contribution in [0.15, 0.2) is 42.5 Å². The van der Waals surface area contributed by atoms with Crippen molar-refractivity contribution < 1.29 is 19.7 Å². The molecule has 0 aromatic heterocycles. The lowest BCUT2D eigenvalue weighted by Gasteiger charge is -2.06. The van der Waals surface area contributed by atoms with Crippen LogP contribution >= 0.6 is 0 Å². The summed E-state index contributed by atoms with van der Waals surface area (Å²) in [5.74, 6) is -1.24. The normalized spacial score (nSPS) is 10.1. The van der Waals surface area contributed by atoms with E-state index in [1.165, 1.54) is 24.3 Å². The third kappa shape index (κ3) is 2.84. The number of non-ortho nitro benzene ring substituents is 2. The largest absolute Gasteiger partial charge is 0.478 e. The number of hydrogen-bond donors (Lipinski definition) is 1. The van der Waals surface area contributed by atoms with Gasteiger partial charge in [-0.05, 0) is 23.8 Å². The Morgan fingerprint density at radius 3 is 1.90 bits per heavy atom. The van der Waals surface area contributed by atoms with E-state index in [2.05, 4.69) is 0 Å². The van der Waals surface area contributed by atoms with Crippen molar-refractivity contribution >= 4 is 17.3 Å². The van der Waals surface area contributed by atoms with E-state index in [0.717, 1.165) is 18.2 Å². The van der Waals surface area contributed by atoms with E-state index in [1.54, 1.807) is 0 Å². The molecule has 8 heteroatoms. The van der Waals surface area contributed by atoms with Crippen LogP contribution in [0.2, 0.25) is 0 Å². The minimum Gasteiger partial charge on any atom is -0.478 e. The second-order valence-electron chi connectivity index (χ2n) is 4.10. The van der Waals surface area contributed by atoms with Crippen molar-refractivity contribution in [2.75, 3.05) is 0 Å². The molecule has 106 valence electrons. The summed E-state index contributed by atoms with van der Waals surface area (Å²) in [5.41, 5.74) is -0.0443. The summed E-state index contributed by atoms with van der Waals surface area (Å²) >= 11 is 0. The van der Waals surface area contributed by atoms with Gasteiger partial charge in [-0.25, -0.2) is 4.79 Å². The highest BCUT2D eigenvalue weighted by atomic mass is 16.6. The maximum atomic E-state index is 11.2. The molecule has 0 spiro atoms. The number of nitrogens with zero attached hydrogens (tertiary/aromatic N) is 2. The van der Waals surface area contributed by atoms with Gasteiger partial charge in [-0.2, -0.15) is 0 Å². The predicted octanol–water partition coefficient (Wildman–Crippen LogP) is 2.87. The van der Waals surface area contributed by atoms with Gasteiger partial charge < -0.3 is 5.11 Å². The van der Waals surface area contributed by atoms with Gasteiger partial charge in [-0.3, -0.25) is 20.2 Å². The number of hydrogen-bond acceptors (Lipinski definition) is 5. The molecule has 0 amide bonds. The molecule has 0 aliphatic heterocycles. The molecule has 2 aromatic rings. The van der Waals surface area contributed by atoms with Crippen LogP contribution in [0.1, 0.15) is 10.4 Å². The smallest absolute Gasteiger partial charge is 0.336 e. The molecule has 2 rings (SSSR count). The van der Waals surface area contributed by atoms with E-state index in [4.69, 9.17) is 5.11 Å². The van der Waals surface area contributed by atoms with Crippen LogP contribution in [0.25, 0.3) is 11.1 Å². The first-order chi connectivity index (χ1) is 9.90. The molecule has 0 unspecified atom stereocenters. The molecule has 2 aromatic carbocycles. The lowest BCUT2D eigenvalue weighted by Crippen LogP contribution is -2.01. The van der Waals surface area contributed by atoms with Crippen molar-refractivity contribution in [3.05, 3.63) is 68.3 Å². The second-order valence-corrected chi connectivity index (χ2v) is 4.10. The zero-order valence-corrected chi connectivity index (χ0v) is 10.4. The van der Waals surface area contributed by atoms with Gasteiger partial charge in [0, 0.05) is 29.8 Å². The summed E-state index contributed by atoms with van der Waals surface area (Å²) in [6.07, 6.45) is 0. The van der Waals surface area contributed by atoms with Gasteiger partial charge in [0.25, 0.3) is 11.4 Å². The molecule has 0 saturated carbocycles. The van der Waals surface area contributed by atoms with Gasteiger partial charge >= 0.3 is 5.97 Å². The number of nitro benzene ring substituents is 2. The topological polar surface area (TPSA) is 124 Å². The highest BCUT2D eigenvalue weighted by Crippen LogP contribution is 2.29. The number of nitro groups is 2. The Hall–Kier alpha value is -3.29. The molecule has 0 radical (unpaired) electrons. The monoisotopic (exact) mass is 288 g/mol. The zero-order chi connectivity index (χ0) is 15.6. The van der Waals surface area contributed by atoms with E-state index in [9.17, 15) is 25.0 Å². The minimum absolute atomic E-state index is 0.116.